The molecule has 1 atom stereocenters. The minimum atomic E-state index is 0.591. The maximum Gasteiger partial charge on any atom is 0.0454 e. The molecule has 2 rings (SSSR count). The quantitative estimate of drug-likeness (QED) is 0.878. The molecule has 0 aromatic carbocycles. The summed E-state index contributed by atoms with van der Waals surface area (Å²) < 4.78 is 1.29. The van der Waals surface area contributed by atoms with Gasteiger partial charge in [-0.25, -0.2) is 0 Å². The van der Waals surface area contributed by atoms with Crippen molar-refractivity contribution >= 4 is 27.3 Å². The number of rotatable bonds is 4. The third kappa shape index (κ3) is 2.20. The van der Waals surface area contributed by atoms with Crippen LogP contribution in [0.3, 0.4) is 0 Å². The van der Waals surface area contributed by atoms with Crippen LogP contribution in [0.25, 0.3) is 0 Å². The van der Waals surface area contributed by atoms with Gasteiger partial charge in [0.05, 0.1) is 0 Å². The van der Waals surface area contributed by atoms with Crippen LogP contribution >= 0.6 is 27.3 Å². The summed E-state index contributed by atoms with van der Waals surface area (Å²) in [6.07, 6.45) is 2.78. The molecular formula is C11H16BrNS. The van der Waals surface area contributed by atoms with Gasteiger partial charge in [-0.3, -0.25) is 0 Å². The summed E-state index contributed by atoms with van der Waals surface area (Å²) in [6, 6.07) is 2.82. The van der Waals surface area contributed by atoms with E-state index >= 15 is 0 Å². The van der Waals surface area contributed by atoms with E-state index in [-0.39, 0.29) is 0 Å². The van der Waals surface area contributed by atoms with Gasteiger partial charge in [0.2, 0.25) is 0 Å². The van der Waals surface area contributed by atoms with Gasteiger partial charge in [-0.15, -0.1) is 11.3 Å². The lowest BCUT2D eigenvalue weighted by atomic mass is 10.1. The van der Waals surface area contributed by atoms with E-state index in [0.717, 1.165) is 12.5 Å². The largest absolute Gasteiger partial charge is 0.309 e. The third-order valence-electron chi connectivity index (χ3n) is 2.64. The molecule has 0 spiro atoms. The Balaban J connectivity index is 2.20. The Morgan fingerprint density at radius 1 is 1.64 bits per heavy atom. The highest BCUT2D eigenvalue weighted by Gasteiger charge is 2.33. The number of halogens is 1. The summed E-state index contributed by atoms with van der Waals surface area (Å²) in [5.41, 5.74) is 0. The highest BCUT2D eigenvalue weighted by atomic mass is 79.9. The second kappa shape index (κ2) is 4.33. The van der Waals surface area contributed by atoms with E-state index in [9.17, 15) is 0 Å². The molecular weight excluding hydrogens is 258 g/mol. The van der Waals surface area contributed by atoms with Crippen LogP contribution in [-0.2, 0) is 0 Å². The summed E-state index contributed by atoms with van der Waals surface area (Å²) in [7, 11) is 0. The SMILES string of the molecule is CCNC(c1sc(C)cc1Br)C1CC1. The zero-order valence-corrected chi connectivity index (χ0v) is 11.0. The van der Waals surface area contributed by atoms with Crippen molar-refractivity contribution in [3.63, 3.8) is 0 Å². The fraction of sp³-hybridized carbons (Fsp3) is 0.636. The van der Waals surface area contributed by atoms with Gasteiger partial charge in [0, 0.05) is 20.3 Å². The molecule has 1 aromatic heterocycles. The van der Waals surface area contributed by atoms with Crippen LogP contribution in [0.1, 0.15) is 35.6 Å². The fourth-order valence-corrected chi connectivity index (χ4v) is 3.90. The Morgan fingerprint density at radius 2 is 2.36 bits per heavy atom. The normalized spacial score (nSPS) is 18.5. The summed E-state index contributed by atoms with van der Waals surface area (Å²) in [6.45, 7) is 5.42. The maximum absolute atomic E-state index is 3.65. The van der Waals surface area contributed by atoms with Crippen LogP contribution in [0.5, 0.6) is 0 Å². The molecule has 0 amide bonds. The van der Waals surface area contributed by atoms with Crippen LogP contribution in [0, 0.1) is 12.8 Å². The lowest BCUT2D eigenvalue weighted by Crippen LogP contribution is -2.21. The van der Waals surface area contributed by atoms with Crippen molar-refractivity contribution < 1.29 is 0 Å². The molecule has 14 heavy (non-hydrogen) atoms. The number of hydrogen-bond donors (Lipinski definition) is 1. The minimum Gasteiger partial charge on any atom is -0.309 e. The van der Waals surface area contributed by atoms with Crippen molar-refractivity contribution in [2.75, 3.05) is 6.54 Å². The summed E-state index contributed by atoms with van der Waals surface area (Å²) in [5, 5.41) is 3.60. The molecule has 1 heterocycles. The van der Waals surface area contributed by atoms with E-state index in [2.05, 4.69) is 41.2 Å². The summed E-state index contributed by atoms with van der Waals surface area (Å²) in [4.78, 5) is 2.89. The predicted octanol–water partition coefficient (Wildman–Crippen LogP) is 3.88. The maximum atomic E-state index is 3.65. The number of hydrogen-bond acceptors (Lipinski definition) is 2. The zero-order valence-electron chi connectivity index (χ0n) is 8.64. The van der Waals surface area contributed by atoms with Gasteiger partial charge in [0.25, 0.3) is 0 Å². The summed E-state index contributed by atoms with van der Waals surface area (Å²) in [5.74, 6) is 0.879. The molecule has 1 aliphatic rings. The van der Waals surface area contributed by atoms with Crippen molar-refractivity contribution in [3.05, 3.63) is 20.3 Å². The van der Waals surface area contributed by atoms with Crippen LogP contribution in [0.2, 0.25) is 0 Å². The Bertz CT molecular complexity index is 317. The topological polar surface area (TPSA) is 12.0 Å². The Kier molecular flexibility index (Phi) is 3.30. The highest BCUT2D eigenvalue weighted by molar-refractivity contribution is 9.10. The third-order valence-corrected chi connectivity index (χ3v) is 4.69. The molecule has 0 saturated heterocycles. The van der Waals surface area contributed by atoms with E-state index in [1.807, 2.05) is 11.3 Å². The Labute approximate surface area is 98.0 Å². The minimum absolute atomic E-state index is 0.591. The lowest BCUT2D eigenvalue weighted by Gasteiger charge is -2.16. The van der Waals surface area contributed by atoms with E-state index < -0.39 is 0 Å². The van der Waals surface area contributed by atoms with Gasteiger partial charge in [-0.2, -0.15) is 0 Å². The number of nitrogens with one attached hydrogen (secondary N) is 1. The average Bonchev–Trinajstić information content (AvgIpc) is 2.89. The Hall–Kier alpha value is 0.140. The van der Waals surface area contributed by atoms with Crippen molar-refractivity contribution in [2.24, 2.45) is 5.92 Å². The lowest BCUT2D eigenvalue weighted by molar-refractivity contribution is 0.502. The molecule has 1 aromatic rings. The van der Waals surface area contributed by atoms with Crippen LogP contribution in [0.4, 0.5) is 0 Å². The summed E-state index contributed by atoms with van der Waals surface area (Å²) >= 11 is 5.58. The van der Waals surface area contributed by atoms with Crippen LogP contribution in [-0.4, -0.2) is 6.54 Å². The van der Waals surface area contributed by atoms with Crippen molar-refractivity contribution in [1.29, 1.82) is 0 Å². The standard InChI is InChI=1S/C11H16BrNS/c1-3-13-10(8-4-5-8)11-9(12)6-7(2)14-11/h6,8,10,13H,3-5H2,1-2H3. The molecule has 0 bridgehead atoms. The van der Waals surface area contributed by atoms with Crippen molar-refractivity contribution in [2.45, 2.75) is 32.7 Å². The van der Waals surface area contributed by atoms with Gasteiger partial charge in [-0.1, -0.05) is 6.92 Å². The first kappa shape index (κ1) is 10.7. The molecule has 1 fully saturated rings. The number of thiophene rings is 1. The monoisotopic (exact) mass is 273 g/mol. The van der Waals surface area contributed by atoms with Crippen LogP contribution in [0.15, 0.2) is 10.5 Å². The molecule has 0 aliphatic heterocycles. The molecule has 3 heteroatoms. The number of aryl methyl sites for hydroxylation is 1. The average molecular weight is 274 g/mol. The van der Waals surface area contributed by atoms with Crippen molar-refractivity contribution in [3.8, 4) is 0 Å². The van der Waals surface area contributed by atoms with E-state index in [1.165, 1.54) is 27.1 Å². The van der Waals surface area contributed by atoms with Gasteiger partial charge in [0.1, 0.15) is 0 Å². The Morgan fingerprint density at radius 3 is 2.79 bits per heavy atom. The molecule has 1 aliphatic carbocycles. The molecule has 1 unspecified atom stereocenters. The van der Waals surface area contributed by atoms with Crippen LogP contribution < -0.4 is 5.32 Å². The molecule has 0 radical (unpaired) electrons. The molecule has 78 valence electrons. The second-order valence-corrected chi connectivity index (χ2v) is 6.08. The first-order valence-electron chi connectivity index (χ1n) is 5.21. The van der Waals surface area contributed by atoms with Gasteiger partial charge in [0.15, 0.2) is 0 Å². The van der Waals surface area contributed by atoms with Gasteiger partial charge >= 0.3 is 0 Å². The van der Waals surface area contributed by atoms with E-state index in [0.29, 0.717) is 6.04 Å². The zero-order chi connectivity index (χ0) is 10.1. The molecule has 1 saturated carbocycles. The molecule has 1 nitrogen and oxygen atoms in total. The van der Waals surface area contributed by atoms with Gasteiger partial charge < -0.3 is 5.32 Å². The second-order valence-electron chi connectivity index (χ2n) is 3.94. The predicted molar refractivity (Wildman–Crippen MR) is 65.9 cm³/mol. The first-order valence-corrected chi connectivity index (χ1v) is 6.82. The fourth-order valence-electron chi connectivity index (χ4n) is 1.84. The van der Waals surface area contributed by atoms with Gasteiger partial charge in [-0.05, 0) is 54.2 Å². The van der Waals surface area contributed by atoms with E-state index in [1.54, 1.807) is 0 Å². The smallest absolute Gasteiger partial charge is 0.0454 e. The molecule has 1 N–H and O–H groups in total. The first-order chi connectivity index (χ1) is 6.72. The van der Waals surface area contributed by atoms with Crippen molar-refractivity contribution in [1.82, 2.24) is 5.32 Å². The van der Waals surface area contributed by atoms with E-state index in [4.69, 9.17) is 0 Å². The highest BCUT2D eigenvalue weighted by Crippen LogP contribution is 2.45.